The number of carbonyl (C=O) groups is 2. The number of carboxylic acid groups (broad SMARTS) is 1. The van der Waals surface area contributed by atoms with Gasteiger partial charge in [0.1, 0.15) is 11.6 Å². The number of nitrogens with zero attached hydrogens (tertiary/aromatic N) is 1. The quantitative estimate of drug-likeness (QED) is 0.822. The van der Waals surface area contributed by atoms with Gasteiger partial charge in [0, 0.05) is 37.9 Å². The molecular formula is C17H17F2NO4. The molecule has 2 aromatic rings. The molecule has 0 aliphatic rings. The Balaban J connectivity index is 2.79. The SMILES string of the molecule is COCCC(=O)c1c(-c2c(F)ccc(F)c2C)c(C(=O)O)cn1C. The smallest absolute Gasteiger partial charge is 0.337 e. The Morgan fingerprint density at radius 3 is 2.42 bits per heavy atom. The summed E-state index contributed by atoms with van der Waals surface area (Å²) in [6.07, 6.45) is 1.22. The van der Waals surface area contributed by atoms with Crippen molar-refractivity contribution in [1.82, 2.24) is 4.57 Å². The van der Waals surface area contributed by atoms with E-state index in [0.717, 1.165) is 12.1 Å². The summed E-state index contributed by atoms with van der Waals surface area (Å²) in [5.74, 6) is -3.20. The van der Waals surface area contributed by atoms with Gasteiger partial charge in [0.25, 0.3) is 0 Å². The van der Waals surface area contributed by atoms with Crippen molar-refractivity contribution in [2.75, 3.05) is 13.7 Å². The highest BCUT2D eigenvalue weighted by Gasteiger charge is 2.28. The monoisotopic (exact) mass is 337 g/mol. The molecule has 0 unspecified atom stereocenters. The van der Waals surface area contributed by atoms with E-state index in [1.54, 1.807) is 0 Å². The zero-order valence-corrected chi connectivity index (χ0v) is 13.5. The number of aryl methyl sites for hydroxylation is 1. The second-order valence-electron chi connectivity index (χ2n) is 5.38. The standard InChI is InChI=1S/C17H17F2NO4/c1-9-11(18)4-5-12(19)14(9)15-10(17(22)23)8-20(2)16(15)13(21)6-7-24-3/h4-5,8H,6-7H2,1-3H3,(H,22,23). The van der Waals surface area contributed by atoms with Gasteiger partial charge in [0.2, 0.25) is 0 Å². The summed E-state index contributed by atoms with van der Waals surface area (Å²) < 4.78 is 34.4. The molecule has 0 fully saturated rings. The molecule has 0 bridgehead atoms. The maximum atomic E-state index is 14.4. The van der Waals surface area contributed by atoms with Crippen molar-refractivity contribution < 1.29 is 28.2 Å². The lowest BCUT2D eigenvalue weighted by Gasteiger charge is -2.12. The first-order chi connectivity index (χ1) is 11.3. The average Bonchev–Trinajstić information content (AvgIpc) is 2.86. The van der Waals surface area contributed by atoms with E-state index in [9.17, 15) is 23.5 Å². The van der Waals surface area contributed by atoms with Crippen LogP contribution in [0.4, 0.5) is 8.78 Å². The number of methoxy groups -OCH3 is 1. The van der Waals surface area contributed by atoms with Crippen LogP contribution in [0.5, 0.6) is 0 Å². The van der Waals surface area contributed by atoms with E-state index >= 15 is 0 Å². The number of ketones is 1. The third kappa shape index (κ3) is 3.07. The molecular weight excluding hydrogens is 320 g/mol. The van der Waals surface area contributed by atoms with Crippen molar-refractivity contribution in [2.45, 2.75) is 13.3 Å². The first kappa shape index (κ1) is 17.8. The molecule has 7 heteroatoms. The Kier molecular flexibility index (Phi) is 5.14. The van der Waals surface area contributed by atoms with Crippen molar-refractivity contribution in [2.24, 2.45) is 7.05 Å². The maximum Gasteiger partial charge on any atom is 0.337 e. The van der Waals surface area contributed by atoms with Crippen LogP contribution in [0.15, 0.2) is 18.3 Å². The van der Waals surface area contributed by atoms with Gasteiger partial charge in [-0.15, -0.1) is 0 Å². The van der Waals surface area contributed by atoms with Gasteiger partial charge in [-0.25, -0.2) is 13.6 Å². The number of aromatic carboxylic acids is 1. The fraction of sp³-hybridized carbons (Fsp3) is 0.294. The van der Waals surface area contributed by atoms with Crippen molar-refractivity contribution in [3.8, 4) is 11.1 Å². The molecule has 24 heavy (non-hydrogen) atoms. The van der Waals surface area contributed by atoms with Crippen molar-refractivity contribution in [3.63, 3.8) is 0 Å². The molecule has 0 amide bonds. The predicted octanol–water partition coefficient (Wildman–Crippen LogP) is 3.20. The summed E-state index contributed by atoms with van der Waals surface area (Å²) in [5, 5.41) is 9.41. The minimum atomic E-state index is -1.32. The maximum absolute atomic E-state index is 14.4. The summed E-state index contributed by atoms with van der Waals surface area (Å²) in [5.41, 5.74) is -0.623. The van der Waals surface area contributed by atoms with Gasteiger partial charge in [-0.2, -0.15) is 0 Å². The normalized spacial score (nSPS) is 10.9. The van der Waals surface area contributed by atoms with Crippen LogP contribution in [0.25, 0.3) is 11.1 Å². The number of rotatable bonds is 6. The van der Waals surface area contributed by atoms with Gasteiger partial charge in [-0.05, 0) is 24.6 Å². The van der Waals surface area contributed by atoms with Gasteiger partial charge in [-0.3, -0.25) is 4.79 Å². The van der Waals surface area contributed by atoms with E-state index < -0.39 is 23.4 Å². The van der Waals surface area contributed by atoms with Crippen LogP contribution in [0, 0.1) is 18.6 Å². The molecule has 0 atom stereocenters. The molecule has 2 rings (SSSR count). The highest BCUT2D eigenvalue weighted by Crippen LogP contribution is 2.35. The van der Waals surface area contributed by atoms with Gasteiger partial charge in [0.15, 0.2) is 5.78 Å². The first-order valence-electron chi connectivity index (χ1n) is 7.19. The van der Waals surface area contributed by atoms with Crippen LogP contribution in [-0.2, 0) is 11.8 Å². The molecule has 5 nitrogen and oxygen atoms in total. The van der Waals surface area contributed by atoms with Crippen LogP contribution in [-0.4, -0.2) is 35.1 Å². The van der Waals surface area contributed by atoms with Crippen molar-refractivity contribution in [1.29, 1.82) is 0 Å². The molecule has 1 aromatic carbocycles. The number of hydrogen-bond acceptors (Lipinski definition) is 3. The minimum Gasteiger partial charge on any atom is -0.478 e. The lowest BCUT2D eigenvalue weighted by Crippen LogP contribution is -2.11. The molecule has 1 heterocycles. The average molecular weight is 337 g/mol. The molecule has 0 aliphatic carbocycles. The Labute approximate surface area is 137 Å². The summed E-state index contributed by atoms with van der Waals surface area (Å²) in [7, 11) is 2.92. The lowest BCUT2D eigenvalue weighted by molar-refractivity contribution is 0.0697. The molecule has 0 aliphatic heterocycles. The first-order valence-corrected chi connectivity index (χ1v) is 7.19. The van der Waals surface area contributed by atoms with E-state index in [1.807, 2.05) is 0 Å². The van der Waals surface area contributed by atoms with Crippen LogP contribution in [0.1, 0.15) is 32.8 Å². The zero-order valence-electron chi connectivity index (χ0n) is 13.5. The van der Waals surface area contributed by atoms with Crippen molar-refractivity contribution >= 4 is 11.8 Å². The van der Waals surface area contributed by atoms with E-state index in [1.165, 1.54) is 31.8 Å². The fourth-order valence-corrected chi connectivity index (χ4v) is 2.65. The molecule has 1 N–H and O–H groups in total. The van der Waals surface area contributed by atoms with Crippen LogP contribution in [0.2, 0.25) is 0 Å². The number of hydrogen-bond donors (Lipinski definition) is 1. The Morgan fingerprint density at radius 2 is 1.83 bits per heavy atom. The number of halogens is 2. The largest absolute Gasteiger partial charge is 0.478 e. The summed E-state index contributed by atoms with van der Waals surface area (Å²) in [6.45, 7) is 1.48. The number of Topliss-reactive ketones (excluding diaryl/α,β-unsaturated/α-hetero) is 1. The molecule has 0 saturated heterocycles. The lowest BCUT2D eigenvalue weighted by atomic mass is 9.94. The van der Waals surface area contributed by atoms with Gasteiger partial charge in [-0.1, -0.05) is 0 Å². The molecule has 0 spiro atoms. The number of benzene rings is 1. The number of aromatic nitrogens is 1. The van der Waals surface area contributed by atoms with Gasteiger partial charge >= 0.3 is 5.97 Å². The highest BCUT2D eigenvalue weighted by molar-refractivity contribution is 6.08. The summed E-state index contributed by atoms with van der Waals surface area (Å²) in [6, 6.07) is 1.88. The summed E-state index contributed by atoms with van der Waals surface area (Å²) in [4.78, 5) is 24.0. The van der Waals surface area contributed by atoms with Crippen LogP contribution in [0.3, 0.4) is 0 Å². The highest BCUT2D eigenvalue weighted by atomic mass is 19.1. The van der Waals surface area contributed by atoms with Crippen LogP contribution < -0.4 is 0 Å². The van der Waals surface area contributed by atoms with Crippen LogP contribution >= 0.6 is 0 Å². The van der Waals surface area contributed by atoms with E-state index in [4.69, 9.17) is 4.74 Å². The second-order valence-corrected chi connectivity index (χ2v) is 5.38. The summed E-state index contributed by atoms with van der Waals surface area (Å²) >= 11 is 0. The molecule has 0 saturated carbocycles. The minimum absolute atomic E-state index is 0.00358. The molecule has 128 valence electrons. The third-order valence-electron chi connectivity index (χ3n) is 3.81. The number of ether oxygens (including phenoxy) is 1. The van der Waals surface area contributed by atoms with E-state index in [0.29, 0.717) is 0 Å². The zero-order chi connectivity index (χ0) is 18.0. The second kappa shape index (κ2) is 6.92. The Morgan fingerprint density at radius 1 is 1.21 bits per heavy atom. The van der Waals surface area contributed by atoms with Crippen molar-refractivity contribution in [3.05, 3.63) is 46.8 Å². The fourth-order valence-electron chi connectivity index (χ4n) is 2.65. The van der Waals surface area contributed by atoms with E-state index in [2.05, 4.69) is 0 Å². The predicted molar refractivity (Wildman–Crippen MR) is 83.3 cm³/mol. The third-order valence-corrected chi connectivity index (χ3v) is 3.81. The molecule has 0 radical (unpaired) electrons. The Hall–Kier alpha value is -2.54. The Bertz CT molecular complexity index is 811. The van der Waals surface area contributed by atoms with Gasteiger partial charge in [0.05, 0.1) is 17.9 Å². The number of carbonyl (C=O) groups excluding carboxylic acids is 1. The molecule has 1 aromatic heterocycles. The topological polar surface area (TPSA) is 68.5 Å². The van der Waals surface area contributed by atoms with E-state index in [-0.39, 0.29) is 41.0 Å². The van der Waals surface area contributed by atoms with Gasteiger partial charge < -0.3 is 14.4 Å². The number of carboxylic acids is 1.